The van der Waals surface area contributed by atoms with Crippen LogP contribution < -0.4 is 11.1 Å². The Morgan fingerprint density at radius 2 is 1.76 bits per heavy atom. The quantitative estimate of drug-likeness (QED) is 0.737. The van der Waals surface area contributed by atoms with Crippen LogP contribution in [0.1, 0.15) is 46.5 Å². The second kappa shape index (κ2) is 4.48. The van der Waals surface area contributed by atoms with E-state index in [0.717, 1.165) is 12.8 Å². The van der Waals surface area contributed by atoms with Gasteiger partial charge in [0.15, 0.2) is 0 Å². The maximum absolute atomic E-state index is 11.8. The minimum Gasteiger partial charge on any atom is -0.444 e. The van der Waals surface area contributed by atoms with E-state index in [2.05, 4.69) is 5.32 Å². The summed E-state index contributed by atoms with van der Waals surface area (Å²) in [5, 5.41) is 3.04. The molecule has 17 heavy (non-hydrogen) atoms. The van der Waals surface area contributed by atoms with Crippen LogP contribution in [0.2, 0.25) is 0 Å². The third-order valence-corrected chi connectivity index (χ3v) is 3.82. The number of carbonyl (C=O) groups excluding carboxylic acids is 1. The summed E-state index contributed by atoms with van der Waals surface area (Å²) in [7, 11) is 0. The SMILES string of the molecule is CC(C)(C)OC(=O)NC1C2CCC1CC(N)C2. The van der Waals surface area contributed by atoms with Crippen LogP contribution in [0.15, 0.2) is 0 Å². The first-order chi connectivity index (χ1) is 7.85. The third-order valence-electron chi connectivity index (χ3n) is 3.82. The van der Waals surface area contributed by atoms with Crippen LogP contribution in [0, 0.1) is 11.8 Å². The Labute approximate surface area is 103 Å². The fraction of sp³-hybridized carbons (Fsp3) is 0.923. The van der Waals surface area contributed by atoms with E-state index in [1.807, 2.05) is 20.8 Å². The van der Waals surface area contributed by atoms with Crippen LogP contribution in [0.25, 0.3) is 0 Å². The lowest BCUT2D eigenvalue weighted by Crippen LogP contribution is -2.49. The first-order valence-corrected chi connectivity index (χ1v) is 6.60. The van der Waals surface area contributed by atoms with E-state index in [9.17, 15) is 4.79 Å². The monoisotopic (exact) mass is 240 g/mol. The maximum Gasteiger partial charge on any atom is 0.407 e. The van der Waals surface area contributed by atoms with Gasteiger partial charge >= 0.3 is 6.09 Å². The lowest BCUT2D eigenvalue weighted by Gasteiger charge is -2.34. The lowest BCUT2D eigenvalue weighted by atomic mass is 9.81. The predicted molar refractivity (Wildman–Crippen MR) is 66.6 cm³/mol. The van der Waals surface area contributed by atoms with Gasteiger partial charge in [-0.2, -0.15) is 0 Å². The van der Waals surface area contributed by atoms with Gasteiger partial charge in [-0.05, 0) is 58.3 Å². The summed E-state index contributed by atoms with van der Waals surface area (Å²) in [6, 6.07) is 0.605. The zero-order chi connectivity index (χ0) is 12.6. The molecular weight excluding hydrogens is 216 g/mol. The fourth-order valence-corrected chi connectivity index (χ4v) is 3.25. The van der Waals surface area contributed by atoms with Crippen LogP contribution in [0.3, 0.4) is 0 Å². The van der Waals surface area contributed by atoms with Gasteiger partial charge < -0.3 is 15.8 Å². The van der Waals surface area contributed by atoms with Gasteiger partial charge in [0.05, 0.1) is 0 Å². The van der Waals surface area contributed by atoms with Gasteiger partial charge in [0.25, 0.3) is 0 Å². The highest BCUT2D eigenvalue weighted by atomic mass is 16.6. The van der Waals surface area contributed by atoms with E-state index in [1.54, 1.807) is 0 Å². The second-order valence-electron chi connectivity index (χ2n) is 6.50. The van der Waals surface area contributed by atoms with E-state index < -0.39 is 5.60 Å². The Morgan fingerprint density at radius 1 is 1.24 bits per heavy atom. The molecule has 0 aromatic heterocycles. The molecule has 2 bridgehead atoms. The van der Waals surface area contributed by atoms with E-state index in [-0.39, 0.29) is 12.1 Å². The summed E-state index contributed by atoms with van der Waals surface area (Å²) >= 11 is 0. The lowest BCUT2D eigenvalue weighted by molar-refractivity contribution is 0.0458. The molecule has 2 saturated carbocycles. The standard InChI is InChI=1S/C13H24N2O2/c1-13(2,3)17-12(16)15-11-8-4-5-9(11)7-10(14)6-8/h8-11H,4-7,14H2,1-3H3,(H,15,16). The molecule has 0 heterocycles. The van der Waals surface area contributed by atoms with Gasteiger partial charge in [-0.1, -0.05) is 0 Å². The van der Waals surface area contributed by atoms with Crippen LogP contribution in [-0.2, 0) is 4.74 Å². The molecule has 2 rings (SSSR count). The van der Waals surface area contributed by atoms with Crippen molar-refractivity contribution in [3.63, 3.8) is 0 Å². The molecule has 0 spiro atoms. The molecule has 0 saturated heterocycles. The zero-order valence-electron chi connectivity index (χ0n) is 11.0. The summed E-state index contributed by atoms with van der Waals surface area (Å²) in [6.45, 7) is 5.66. The highest BCUT2D eigenvalue weighted by Crippen LogP contribution is 2.41. The first kappa shape index (κ1) is 12.7. The molecule has 0 radical (unpaired) electrons. The Balaban J connectivity index is 1.90. The van der Waals surface area contributed by atoms with Crippen molar-refractivity contribution in [3.05, 3.63) is 0 Å². The van der Waals surface area contributed by atoms with Gasteiger partial charge in [0.1, 0.15) is 5.60 Å². The fourth-order valence-electron chi connectivity index (χ4n) is 3.25. The molecule has 0 aromatic carbocycles. The molecule has 1 amide bonds. The van der Waals surface area contributed by atoms with Crippen LogP contribution in [0.4, 0.5) is 4.79 Å². The molecule has 2 fully saturated rings. The summed E-state index contributed by atoms with van der Waals surface area (Å²) in [6.07, 6.45) is 4.18. The van der Waals surface area contributed by atoms with Crippen molar-refractivity contribution in [3.8, 4) is 0 Å². The van der Waals surface area contributed by atoms with Crippen molar-refractivity contribution < 1.29 is 9.53 Å². The predicted octanol–water partition coefficient (Wildman–Crippen LogP) is 2.03. The van der Waals surface area contributed by atoms with Crippen LogP contribution in [0.5, 0.6) is 0 Å². The van der Waals surface area contributed by atoms with Crippen LogP contribution in [-0.4, -0.2) is 23.8 Å². The Morgan fingerprint density at radius 3 is 2.24 bits per heavy atom. The van der Waals surface area contributed by atoms with Crippen molar-refractivity contribution in [1.82, 2.24) is 5.32 Å². The zero-order valence-corrected chi connectivity index (χ0v) is 11.0. The highest BCUT2D eigenvalue weighted by Gasteiger charge is 2.42. The number of rotatable bonds is 1. The molecule has 4 heteroatoms. The molecule has 2 unspecified atom stereocenters. The average molecular weight is 240 g/mol. The Hall–Kier alpha value is -0.770. The number of amides is 1. The number of ether oxygens (including phenoxy) is 1. The van der Waals surface area contributed by atoms with Gasteiger partial charge in [0.2, 0.25) is 0 Å². The van der Waals surface area contributed by atoms with Crippen LogP contribution >= 0.6 is 0 Å². The van der Waals surface area contributed by atoms with E-state index in [0.29, 0.717) is 17.9 Å². The number of hydrogen-bond acceptors (Lipinski definition) is 3. The summed E-state index contributed by atoms with van der Waals surface area (Å²) in [4.78, 5) is 11.8. The molecule has 2 aliphatic rings. The van der Waals surface area contributed by atoms with Gasteiger partial charge in [-0.25, -0.2) is 4.79 Å². The normalized spacial score (nSPS) is 36.7. The molecule has 0 aromatic rings. The third kappa shape index (κ3) is 3.12. The minimum absolute atomic E-state index is 0.282. The number of fused-ring (bicyclic) bond motifs is 2. The molecular formula is C13H24N2O2. The maximum atomic E-state index is 11.8. The topological polar surface area (TPSA) is 64.3 Å². The molecule has 0 aliphatic heterocycles. The first-order valence-electron chi connectivity index (χ1n) is 6.60. The van der Waals surface area contributed by atoms with Crippen molar-refractivity contribution in [2.45, 2.75) is 64.1 Å². The van der Waals surface area contributed by atoms with Gasteiger partial charge in [-0.3, -0.25) is 0 Å². The van der Waals surface area contributed by atoms with Gasteiger partial charge in [-0.15, -0.1) is 0 Å². The average Bonchev–Trinajstić information content (AvgIpc) is 2.42. The molecule has 3 N–H and O–H groups in total. The Bertz CT molecular complexity index is 284. The van der Waals surface area contributed by atoms with Crippen molar-refractivity contribution >= 4 is 6.09 Å². The number of hydrogen-bond donors (Lipinski definition) is 2. The van der Waals surface area contributed by atoms with Crippen molar-refractivity contribution in [1.29, 1.82) is 0 Å². The summed E-state index contributed by atoms with van der Waals surface area (Å²) in [5.74, 6) is 1.10. The molecule has 2 atom stereocenters. The number of nitrogens with two attached hydrogens (primary N) is 1. The van der Waals surface area contributed by atoms with E-state index >= 15 is 0 Å². The summed E-state index contributed by atoms with van der Waals surface area (Å²) in [5.41, 5.74) is 5.58. The van der Waals surface area contributed by atoms with Gasteiger partial charge in [0, 0.05) is 12.1 Å². The minimum atomic E-state index is -0.422. The van der Waals surface area contributed by atoms with Crippen molar-refractivity contribution in [2.24, 2.45) is 17.6 Å². The summed E-state index contributed by atoms with van der Waals surface area (Å²) < 4.78 is 5.31. The molecule has 4 nitrogen and oxygen atoms in total. The number of carbonyl (C=O) groups is 1. The smallest absolute Gasteiger partial charge is 0.407 e. The number of alkyl carbamates (subject to hydrolysis) is 1. The van der Waals surface area contributed by atoms with E-state index in [4.69, 9.17) is 10.5 Å². The highest BCUT2D eigenvalue weighted by molar-refractivity contribution is 5.68. The Kier molecular flexibility index (Phi) is 3.34. The second-order valence-corrected chi connectivity index (χ2v) is 6.50. The molecule has 2 aliphatic carbocycles. The number of nitrogens with one attached hydrogen (secondary N) is 1. The van der Waals surface area contributed by atoms with Crippen molar-refractivity contribution in [2.75, 3.05) is 0 Å². The largest absolute Gasteiger partial charge is 0.444 e. The molecule has 98 valence electrons. The van der Waals surface area contributed by atoms with E-state index in [1.165, 1.54) is 12.8 Å².